The first-order valence-electron chi connectivity index (χ1n) is 6.37. The summed E-state index contributed by atoms with van der Waals surface area (Å²) in [5, 5.41) is 9.19. The van der Waals surface area contributed by atoms with E-state index < -0.39 is 6.68 Å². The summed E-state index contributed by atoms with van der Waals surface area (Å²) in [6.07, 6.45) is 0. The molecule has 0 aliphatic heterocycles. The van der Waals surface area contributed by atoms with Crippen molar-refractivity contribution >= 4 is 11.8 Å². The van der Waals surface area contributed by atoms with Crippen LogP contribution in [0.3, 0.4) is 0 Å². The number of hydrogen-bond donors (Lipinski definition) is 1. The zero-order valence-electron chi connectivity index (χ0n) is 11.6. The molecule has 114 valence electrons. The molecular weight excluding hydrogens is 297 g/mol. The Bertz CT molecular complexity index is 527. The summed E-state index contributed by atoms with van der Waals surface area (Å²) in [6.45, 7) is -1.51. The Morgan fingerprint density at radius 3 is 2.10 bits per heavy atom. The van der Waals surface area contributed by atoms with Gasteiger partial charge < -0.3 is 5.11 Å². The Kier molecular flexibility index (Phi) is 7.75. The summed E-state index contributed by atoms with van der Waals surface area (Å²) in [5.41, 5.74) is 4.07. The van der Waals surface area contributed by atoms with E-state index in [1.165, 1.54) is 28.5 Å². The maximum atomic E-state index is 9.67. The molecule has 0 aromatic heterocycles. The molecule has 5 heteroatoms. The third-order valence-corrected chi connectivity index (χ3v) is 3.93. The van der Waals surface area contributed by atoms with Gasteiger partial charge in [-0.05, 0) is 36.4 Å². The van der Waals surface area contributed by atoms with Gasteiger partial charge in [0.1, 0.15) is 17.3 Å². The molecule has 0 bridgehead atoms. The smallest absolute Gasteiger partial charge is 0.379 e. The third-order valence-electron chi connectivity index (χ3n) is 2.77. The Labute approximate surface area is 126 Å². The van der Waals surface area contributed by atoms with Crippen molar-refractivity contribution in [2.24, 2.45) is 0 Å². The molecule has 0 radical (unpaired) electrons. The molecule has 0 aliphatic carbocycles. The van der Waals surface area contributed by atoms with Crippen molar-refractivity contribution in [2.45, 2.75) is 25.1 Å². The van der Waals surface area contributed by atoms with E-state index in [4.69, 9.17) is 0 Å². The summed E-state index contributed by atoms with van der Waals surface area (Å²) in [6, 6.07) is 16.0. The van der Waals surface area contributed by atoms with Gasteiger partial charge in [0.2, 0.25) is 0 Å². The second kappa shape index (κ2) is 9.34. The highest BCUT2D eigenvalue weighted by Crippen LogP contribution is 2.13. The summed E-state index contributed by atoms with van der Waals surface area (Å²) in [7, 11) is 0. The number of benzene rings is 2. The summed E-state index contributed by atoms with van der Waals surface area (Å²) in [5.74, 6) is 2.46. The minimum atomic E-state index is -3.67. The van der Waals surface area contributed by atoms with E-state index in [9.17, 15) is 18.3 Å². The van der Waals surface area contributed by atoms with Crippen molar-refractivity contribution in [1.82, 2.24) is 0 Å². The van der Waals surface area contributed by atoms with Crippen molar-refractivity contribution in [1.29, 1.82) is 0 Å². The molecule has 21 heavy (non-hydrogen) atoms. The first kappa shape index (κ1) is 17.4. The van der Waals surface area contributed by atoms with Gasteiger partial charge >= 0.3 is 6.68 Å². The molecule has 0 atom stereocenters. The van der Waals surface area contributed by atoms with Crippen LogP contribution in [0.4, 0.5) is 13.2 Å². The molecule has 0 amide bonds. The van der Waals surface area contributed by atoms with Gasteiger partial charge in [0, 0.05) is 11.1 Å². The van der Waals surface area contributed by atoms with Crippen molar-refractivity contribution in [3.63, 3.8) is 0 Å². The van der Waals surface area contributed by atoms with Gasteiger partial charge in [-0.2, -0.15) is 13.2 Å². The number of rotatable bonds is 4. The van der Waals surface area contributed by atoms with Crippen LogP contribution in [0.15, 0.2) is 48.5 Å². The number of halogens is 3. The van der Waals surface area contributed by atoms with E-state index in [0.29, 0.717) is 5.75 Å². The molecule has 0 aliphatic rings. The van der Waals surface area contributed by atoms with E-state index in [0.717, 1.165) is 11.5 Å². The number of hydrogen-bond acceptors (Lipinski definition) is 1. The molecule has 2 aromatic carbocycles. The normalized spacial score (nSPS) is 10.1. The monoisotopic (exact) mass is 315 g/mol. The minimum Gasteiger partial charge on any atom is -0.508 e. The Hall–Kier alpha value is -1.62. The fourth-order valence-electron chi connectivity index (χ4n) is 1.69. The van der Waals surface area contributed by atoms with Gasteiger partial charge in [-0.3, -0.25) is 0 Å². The molecule has 1 N–H and O–H groups in total. The summed E-state index contributed by atoms with van der Waals surface area (Å²) >= 11 is 1.40. The van der Waals surface area contributed by atoms with E-state index in [1.54, 1.807) is 12.1 Å². The highest BCUT2D eigenvalue weighted by Gasteiger charge is 2.04. The number of aryl methyl sites for hydroxylation is 1. The van der Waals surface area contributed by atoms with Crippen molar-refractivity contribution < 1.29 is 18.3 Å². The van der Waals surface area contributed by atoms with E-state index >= 15 is 0 Å². The van der Waals surface area contributed by atoms with Crippen LogP contribution in [-0.4, -0.2) is 11.8 Å². The molecule has 0 spiro atoms. The maximum Gasteiger partial charge on any atom is 0.379 e. The fourth-order valence-corrected chi connectivity index (χ4v) is 2.87. The number of thiol groups is 1. The number of phenolic OH excluding ortho intramolecular Hbond substituents is 1. The topological polar surface area (TPSA) is 20.2 Å². The predicted molar refractivity (Wildman–Crippen MR) is 82.6 cm³/mol. The van der Waals surface area contributed by atoms with Crippen LogP contribution in [-0.2, 0) is 23.3 Å². The van der Waals surface area contributed by atoms with Crippen LogP contribution >= 0.6 is 0 Å². The first-order valence-corrected chi connectivity index (χ1v) is 7.63. The molecule has 0 saturated carbocycles. The van der Waals surface area contributed by atoms with Crippen LogP contribution in [0.25, 0.3) is 0 Å². The van der Waals surface area contributed by atoms with Gasteiger partial charge in [-0.15, -0.1) is 0 Å². The first-order chi connectivity index (χ1) is 9.99. The Balaban J connectivity index is 0.000000491. The van der Waals surface area contributed by atoms with E-state index in [-0.39, 0.29) is 0 Å². The Morgan fingerprint density at radius 1 is 0.952 bits per heavy atom. The quantitative estimate of drug-likeness (QED) is 0.655. The molecular formula is C16H18F3OS+. The van der Waals surface area contributed by atoms with Crippen molar-refractivity contribution in [3.8, 4) is 5.75 Å². The van der Waals surface area contributed by atoms with Crippen LogP contribution < -0.4 is 0 Å². The molecule has 2 rings (SSSR count). The van der Waals surface area contributed by atoms with Crippen LogP contribution in [0.5, 0.6) is 5.75 Å². The molecule has 0 unspecified atom stereocenters. The van der Waals surface area contributed by atoms with E-state index in [2.05, 4.69) is 31.2 Å². The predicted octanol–water partition coefficient (Wildman–Crippen LogP) is 4.39. The largest absolute Gasteiger partial charge is 0.508 e. The lowest BCUT2D eigenvalue weighted by atomic mass is 10.1. The lowest BCUT2D eigenvalue weighted by Gasteiger charge is -2.00. The van der Waals surface area contributed by atoms with Gasteiger partial charge in [0.05, 0.1) is 0 Å². The average Bonchev–Trinajstić information content (AvgIpc) is 2.42. The van der Waals surface area contributed by atoms with Gasteiger partial charge in [-0.25, -0.2) is 0 Å². The van der Waals surface area contributed by atoms with Gasteiger partial charge in [-0.1, -0.05) is 36.4 Å². The van der Waals surface area contributed by atoms with Gasteiger partial charge in [0.15, 0.2) is 0 Å². The molecule has 0 heterocycles. The van der Waals surface area contributed by atoms with Crippen molar-refractivity contribution in [3.05, 3.63) is 65.2 Å². The SMILES string of the molecule is Cc1ccccc1C[SH+]Cc1ccc(O)cc1.FC(F)F. The van der Waals surface area contributed by atoms with Crippen LogP contribution in [0.1, 0.15) is 16.7 Å². The Morgan fingerprint density at radius 2 is 1.52 bits per heavy atom. The summed E-state index contributed by atoms with van der Waals surface area (Å²) in [4.78, 5) is 0. The van der Waals surface area contributed by atoms with Crippen molar-refractivity contribution in [2.75, 3.05) is 0 Å². The maximum absolute atomic E-state index is 9.67. The summed E-state index contributed by atoms with van der Waals surface area (Å²) < 4.78 is 29.0. The minimum absolute atomic E-state index is 0.337. The standard InChI is InChI=1S/C15H16OS.CHF3/c1-12-4-2-3-5-14(12)11-17-10-13-6-8-15(16)9-7-13;2-1(3)4/h2-9,16H,10-11H2,1H3;1H/p+1. The second-order valence-electron chi connectivity index (χ2n) is 4.38. The van der Waals surface area contributed by atoms with Crippen LogP contribution in [0.2, 0.25) is 0 Å². The van der Waals surface area contributed by atoms with Crippen LogP contribution in [0, 0.1) is 6.92 Å². The zero-order chi connectivity index (χ0) is 15.7. The third kappa shape index (κ3) is 7.66. The highest BCUT2D eigenvalue weighted by atomic mass is 32.2. The lowest BCUT2D eigenvalue weighted by molar-refractivity contribution is 0.00819. The molecule has 0 saturated heterocycles. The number of phenols is 1. The highest BCUT2D eigenvalue weighted by molar-refractivity contribution is 7.76. The zero-order valence-corrected chi connectivity index (χ0v) is 12.5. The molecule has 1 nitrogen and oxygen atoms in total. The average molecular weight is 315 g/mol. The van der Waals surface area contributed by atoms with Gasteiger partial charge in [0.25, 0.3) is 0 Å². The number of alkyl halides is 3. The number of aromatic hydroxyl groups is 1. The molecule has 2 aromatic rings. The second-order valence-corrected chi connectivity index (χ2v) is 5.46. The molecule has 0 fully saturated rings. The fraction of sp³-hybridized carbons (Fsp3) is 0.250. The lowest BCUT2D eigenvalue weighted by Crippen LogP contribution is -1.94. The van der Waals surface area contributed by atoms with E-state index in [1.807, 2.05) is 12.1 Å².